The van der Waals surface area contributed by atoms with Gasteiger partial charge < -0.3 is 5.11 Å². The van der Waals surface area contributed by atoms with Crippen LogP contribution in [-0.4, -0.2) is 36.9 Å². The number of carboxylic acid groups (broad SMARTS) is 1. The number of aliphatic carboxylic acids is 1. The number of hydrogen-bond acceptors (Lipinski definition) is 3. The molecule has 5 nitrogen and oxygen atoms in total. The van der Waals surface area contributed by atoms with Crippen LogP contribution < -0.4 is 0 Å². The topological polar surface area (TPSA) is 74.7 Å². The molecule has 0 aromatic heterocycles. The fourth-order valence-electron chi connectivity index (χ4n) is 2.42. The smallest absolute Gasteiger partial charge is 0.303 e. The molecule has 20 heavy (non-hydrogen) atoms. The molecule has 1 unspecified atom stereocenters. The van der Waals surface area contributed by atoms with Crippen molar-refractivity contribution in [2.45, 2.75) is 24.7 Å². The molecule has 110 valence electrons. The average Bonchev–Trinajstić information content (AvgIpc) is 2.80. The number of hydrogen-bond donors (Lipinski definition) is 1. The van der Waals surface area contributed by atoms with Crippen molar-refractivity contribution in [1.29, 1.82) is 0 Å². The van der Waals surface area contributed by atoms with Gasteiger partial charge in [0.25, 0.3) is 0 Å². The lowest BCUT2D eigenvalue weighted by atomic mass is 10.1. The second kappa shape index (κ2) is 5.83. The third-order valence-corrected chi connectivity index (χ3v) is 5.98. The van der Waals surface area contributed by atoms with Crippen LogP contribution in [-0.2, 0) is 14.8 Å². The van der Waals surface area contributed by atoms with Gasteiger partial charge in [0.2, 0.25) is 10.0 Å². The van der Waals surface area contributed by atoms with Crippen molar-refractivity contribution in [3.05, 3.63) is 28.2 Å². The Kier molecular flexibility index (Phi) is 4.51. The Morgan fingerprint density at radius 2 is 2.20 bits per heavy atom. The predicted octanol–water partition coefficient (Wildman–Crippen LogP) is 2.24. The van der Waals surface area contributed by atoms with Crippen molar-refractivity contribution in [2.24, 2.45) is 5.92 Å². The zero-order valence-corrected chi connectivity index (χ0v) is 13.4. The van der Waals surface area contributed by atoms with Crippen molar-refractivity contribution >= 4 is 31.9 Å². The molecule has 2 rings (SSSR count). The van der Waals surface area contributed by atoms with Crippen LogP contribution in [0.3, 0.4) is 0 Å². The van der Waals surface area contributed by atoms with E-state index in [2.05, 4.69) is 15.9 Å². The highest BCUT2D eigenvalue weighted by Gasteiger charge is 2.34. The van der Waals surface area contributed by atoms with Gasteiger partial charge in [-0.3, -0.25) is 4.79 Å². The van der Waals surface area contributed by atoms with Gasteiger partial charge in [0, 0.05) is 24.0 Å². The van der Waals surface area contributed by atoms with Gasteiger partial charge in [0.05, 0.1) is 4.90 Å². The third-order valence-electron chi connectivity index (χ3n) is 3.48. The van der Waals surface area contributed by atoms with Crippen LogP contribution in [0.4, 0.5) is 0 Å². The molecule has 0 amide bonds. The van der Waals surface area contributed by atoms with E-state index in [1.807, 2.05) is 0 Å². The molecule has 1 aromatic rings. The molecule has 1 fully saturated rings. The summed E-state index contributed by atoms with van der Waals surface area (Å²) in [6.07, 6.45) is 0.613. The summed E-state index contributed by atoms with van der Waals surface area (Å²) in [6.45, 7) is 2.41. The van der Waals surface area contributed by atoms with Crippen LogP contribution in [0, 0.1) is 12.8 Å². The van der Waals surface area contributed by atoms with Crippen molar-refractivity contribution in [3.8, 4) is 0 Å². The number of benzene rings is 1. The third kappa shape index (κ3) is 3.21. The molecule has 1 heterocycles. The first kappa shape index (κ1) is 15.5. The van der Waals surface area contributed by atoms with Crippen molar-refractivity contribution in [2.75, 3.05) is 13.1 Å². The van der Waals surface area contributed by atoms with E-state index in [1.54, 1.807) is 25.1 Å². The summed E-state index contributed by atoms with van der Waals surface area (Å²) in [5.41, 5.74) is 0.690. The zero-order valence-electron chi connectivity index (χ0n) is 11.0. The average molecular weight is 362 g/mol. The fraction of sp³-hybridized carbons (Fsp3) is 0.462. The summed E-state index contributed by atoms with van der Waals surface area (Å²) in [5, 5.41) is 8.79. The molecule has 1 saturated heterocycles. The molecule has 0 aliphatic carbocycles. The molecule has 1 aliphatic heterocycles. The van der Waals surface area contributed by atoms with E-state index in [0.29, 0.717) is 23.0 Å². The van der Waals surface area contributed by atoms with Gasteiger partial charge in [-0.1, -0.05) is 22.0 Å². The summed E-state index contributed by atoms with van der Waals surface area (Å²) in [7, 11) is -3.55. The monoisotopic (exact) mass is 361 g/mol. The molecule has 0 saturated carbocycles. The molecule has 0 radical (unpaired) electrons. The number of sulfonamides is 1. The molecule has 1 aromatic carbocycles. The van der Waals surface area contributed by atoms with E-state index >= 15 is 0 Å². The van der Waals surface area contributed by atoms with Gasteiger partial charge >= 0.3 is 5.97 Å². The Morgan fingerprint density at radius 1 is 1.50 bits per heavy atom. The van der Waals surface area contributed by atoms with Crippen LogP contribution in [0.5, 0.6) is 0 Å². The minimum Gasteiger partial charge on any atom is -0.481 e. The standard InChI is InChI=1S/C13H16BrNO4S/c1-9-2-3-11(14)7-12(9)20(18,19)15-5-4-10(8-15)6-13(16)17/h2-3,7,10H,4-6,8H2,1H3,(H,16,17). The second-order valence-electron chi connectivity index (χ2n) is 5.03. The Morgan fingerprint density at radius 3 is 2.85 bits per heavy atom. The highest BCUT2D eigenvalue weighted by Crippen LogP contribution is 2.29. The van der Waals surface area contributed by atoms with Crippen molar-refractivity contribution in [1.82, 2.24) is 4.31 Å². The second-order valence-corrected chi connectivity index (χ2v) is 7.85. The van der Waals surface area contributed by atoms with E-state index in [0.717, 1.165) is 0 Å². The number of carbonyl (C=O) groups is 1. The largest absolute Gasteiger partial charge is 0.481 e. The lowest BCUT2D eigenvalue weighted by Crippen LogP contribution is -2.29. The van der Waals surface area contributed by atoms with E-state index < -0.39 is 16.0 Å². The van der Waals surface area contributed by atoms with Crippen molar-refractivity contribution in [3.63, 3.8) is 0 Å². The van der Waals surface area contributed by atoms with Gasteiger partial charge in [-0.2, -0.15) is 4.31 Å². The van der Waals surface area contributed by atoms with Crippen LogP contribution in [0.25, 0.3) is 0 Å². The maximum atomic E-state index is 12.6. The Balaban J connectivity index is 2.24. The zero-order chi connectivity index (χ0) is 14.9. The molecule has 1 N–H and O–H groups in total. The molecule has 1 aliphatic rings. The highest BCUT2D eigenvalue weighted by molar-refractivity contribution is 9.10. The first-order valence-corrected chi connectivity index (χ1v) is 8.52. The van der Waals surface area contributed by atoms with Crippen molar-refractivity contribution < 1.29 is 18.3 Å². The molecule has 0 bridgehead atoms. The SMILES string of the molecule is Cc1ccc(Br)cc1S(=O)(=O)N1CCC(CC(=O)O)C1. The normalized spacial score (nSPS) is 20.2. The predicted molar refractivity (Wildman–Crippen MR) is 78.0 cm³/mol. The van der Waals surface area contributed by atoms with Crippen LogP contribution >= 0.6 is 15.9 Å². The van der Waals surface area contributed by atoms with Gasteiger partial charge in [0.1, 0.15) is 0 Å². The molecular formula is C13H16BrNO4S. The first-order valence-electron chi connectivity index (χ1n) is 6.29. The van der Waals surface area contributed by atoms with Crippen LogP contribution in [0.15, 0.2) is 27.6 Å². The summed E-state index contributed by atoms with van der Waals surface area (Å²) >= 11 is 3.28. The Bertz CT molecular complexity index is 629. The molecule has 0 spiro atoms. The van der Waals surface area contributed by atoms with E-state index in [9.17, 15) is 13.2 Å². The maximum Gasteiger partial charge on any atom is 0.303 e. The quantitative estimate of drug-likeness (QED) is 0.892. The van der Waals surface area contributed by atoms with Gasteiger partial charge in [-0.25, -0.2) is 8.42 Å². The summed E-state index contributed by atoms with van der Waals surface area (Å²) < 4.78 is 27.3. The van der Waals surface area contributed by atoms with Gasteiger partial charge in [0.15, 0.2) is 0 Å². The number of rotatable bonds is 4. The highest BCUT2D eigenvalue weighted by atomic mass is 79.9. The first-order chi connectivity index (χ1) is 9.30. The summed E-state index contributed by atoms with van der Waals surface area (Å²) in [5.74, 6) is -0.984. The Hall–Kier alpha value is -0.920. The number of carboxylic acids is 1. The minimum atomic E-state index is -3.55. The van der Waals surface area contributed by atoms with E-state index in [4.69, 9.17) is 5.11 Å². The fourth-order valence-corrected chi connectivity index (χ4v) is 4.71. The van der Waals surface area contributed by atoms with E-state index in [-0.39, 0.29) is 23.8 Å². The van der Waals surface area contributed by atoms with Crippen LogP contribution in [0.1, 0.15) is 18.4 Å². The van der Waals surface area contributed by atoms with Gasteiger partial charge in [-0.15, -0.1) is 0 Å². The molecule has 1 atom stereocenters. The molecule has 7 heteroatoms. The van der Waals surface area contributed by atoms with Crippen LogP contribution in [0.2, 0.25) is 0 Å². The molecular weight excluding hydrogens is 346 g/mol. The maximum absolute atomic E-state index is 12.6. The Labute approximate surface area is 126 Å². The van der Waals surface area contributed by atoms with E-state index in [1.165, 1.54) is 4.31 Å². The lowest BCUT2D eigenvalue weighted by molar-refractivity contribution is -0.137. The number of nitrogens with zero attached hydrogens (tertiary/aromatic N) is 1. The lowest BCUT2D eigenvalue weighted by Gasteiger charge is -2.18. The number of aryl methyl sites for hydroxylation is 1. The van der Waals surface area contributed by atoms with Gasteiger partial charge in [-0.05, 0) is 37.0 Å². The summed E-state index contributed by atoms with van der Waals surface area (Å²) in [4.78, 5) is 11.0. The number of halogens is 1. The minimum absolute atomic E-state index is 0.0173. The summed E-state index contributed by atoms with van der Waals surface area (Å²) in [6, 6.07) is 5.14.